The highest BCUT2D eigenvalue weighted by atomic mass is 127. The number of halogens is 1. The summed E-state index contributed by atoms with van der Waals surface area (Å²) in [6.07, 6.45) is 5.86. The van der Waals surface area contributed by atoms with Crippen molar-refractivity contribution in [1.82, 2.24) is 9.80 Å². The minimum Gasteiger partial charge on any atom is -0.488 e. The number of benzene rings is 3. The maximum absolute atomic E-state index is 12.9. The molecule has 0 bridgehead atoms. The number of amides is 3. The Bertz CT molecular complexity index is 1380. The van der Waals surface area contributed by atoms with E-state index in [1.165, 1.54) is 10.8 Å². The topological polar surface area (TPSA) is 66.9 Å². The smallest absolute Gasteiger partial charge is 0.294 e. The van der Waals surface area contributed by atoms with Crippen LogP contribution >= 0.6 is 34.4 Å². The molecule has 2 aliphatic heterocycles. The van der Waals surface area contributed by atoms with Gasteiger partial charge in [-0.25, -0.2) is 0 Å². The molecule has 0 radical (unpaired) electrons. The number of thioether (sulfide) groups is 1. The molecule has 0 unspecified atom stereocenters. The third kappa shape index (κ3) is 6.01. The predicted octanol–water partition coefficient (Wildman–Crippen LogP) is 6.46. The Labute approximate surface area is 234 Å². The first-order valence-electron chi connectivity index (χ1n) is 12.4. The lowest BCUT2D eigenvalue weighted by molar-refractivity contribution is -0.135. The van der Waals surface area contributed by atoms with E-state index in [1.807, 2.05) is 36.4 Å². The number of carbonyl (C=O) groups excluding carboxylic acids is 3. The van der Waals surface area contributed by atoms with E-state index in [9.17, 15) is 14.4 Å². The first-order chi connectivity index (χ1) is 18.0. The van der Waals surface area contributed by atoms with Crippen molar-refractivity contribution in [3.8, 4) is 5.75 Å². The van der Waals surface area contributed by atoms with Crippen molar-refractivity contribution in [2.24, 2.45) is 0 Å². The van der Waals surface area contributed by atoms with Gasteiger partial charge in [0.1, 0.15) is 18.9 Å². The van der Waals surface area contributed by atoms with Crippen LogP contribution in [0, 0.1) is 3.57 Å². The van der Waals surface area contributed by atoms with Crippen molar-refractivity contribution < 1.29 is 19.1 Å². The molecule has 0 atom stereocenters. The van der Waals surface area contributed by atoms with Gasteiger partial charge in [0.05, 0.1) is 8.48 Å². The second-order valence-electron chi connectivity index (χ2n) is 9.18. The number of nitrogens with zero attached hydrogens (tertiary/aromatic N) is 2. The number of likely N-dealkylation sites (tertiary alicyclic amines) is 1. The van der Waals surface area contributed by atoms with Crippen LogP contribution in [0.4, 0.5) is 4.79 Å². The largest absolute Gasteiger partial charge is 0.488 e. The summed E-state index contributed by atoms with van der Waals surface area (Å²) in [5.41, 5.74) is 1.91. The number of fused-ring (bicyclic) bond motifs is 1. The second-order valence-corrected chi connectivity index (χ2v) is 11.3. The van der Waals surface area contributed by atoms with Crippen LogP contribution in [-0.2, 0) is 16.2 Å². The summed E-state index contributed by atoms with van der Waals surface area (Å²) in [6, 6.07) is 20.1. The van der Waals surface area contributed by atoms with Gasteiger partial charge in [-0.05, 0) is 87.3 Å². The highest BCUT2D eigenvalue weighted by Gasteiger charge is 2.37. The van der Waals surface area contributed by atoms with Gasteiger partial charge in [0, 0.05) is 13.1 Å². The minimum absolute atomic E-state index is 0.160. The Morgan fingerprint density at radius 3 is 2.51 bits per heavy atom. The van der Waals surface area contributed by atoms with Crippen LogP contribution in [0.25, 0.3) is 16.8 Å². The average molecular weight is 627 g/mol. The lowest BCUT2D eigenvalue weighted by Gasteiger charge is -2.22. The molecule has 6 nitrogen and oxygen atoms in total. The van der Waals surface area contributed by atoms with Crippen LogP contribution in [0.15, 0.2) is 65.6 Å². The highest BCUT2D eigenvalue weighted by Crippen LogP contribution is 2.33. The van der Waals surface area contributed by atoms with Crippen molar-refractivity contribution in [3.05, 3.63) is 80.3 Å². The third-order valence-corrected chi connectivity index (χ3v) is 8.39. The van der Waals surface area contributed by atoms with Gasteiger partial charge in [0.15, 0.2) is 0 Å². The molecule has 190 valence electrons. The summed E-state index contributed by atoms with van der Waals surface area (Å²) >= 11 is 3.10. The van der Waals surface area contributed by atoms with Crippen molar-refractivity contribution >= 4 is 68.3 Å². The molecule has 0 aromatic heterocycles. The van der Waals surface area contributed by atoms with Gasteiger partial charge < -0.3 is 9.64 Å². The fraction of sp³-hybridized carbons (Fsp3) is 0.276. The number of hydrogen-bond donors (Lipinski definition) is 0. The van der Waals surface area contributed by atoms with Crippen LogP contribution in [0.5, 0.6) is 5.75 Å². The first-order valence-corrected chi connectivity index (χ1v) is 14.3. The van der Waals surface area contributed by atoms with Gasteiger partial charge in [0.25, 0.3) is 11.1 Å². The van der Waals surface area contributed by atoms with Crippen molar-refractivity contribution in [2.75, 3.05) is 19.6 Å². The van der Waals surface area contributed by atoms with Gasteiger partial charge >= 0.3 is 0 Å². The number of ether oxygens (including phenoxy) is 1. The van der Waals surface area contributed by atoms with Gasteiger partial charge in [-0.15, -0.1) is 0 Å². The maximum Gasteiger partial charge on any atom is 0.294 e. The molecule has 2 saturated heterocycles. The van der Waals surface area contributed by atoms with Gasteiger partial charge in [-0.2, -0.15) is 0 Å². The summed E-state index contributed by atoms with van der Waals surface area (Å²) < 4.78 is 7.02. The number of carbonyl (C=O) groups is 3. The molecule has 3 amide bonds. The lowest BCUT2D eigenvalue weighted by Crippen LogP contribution is -2.42. The Morgan fingerprint density at radius 1 is 0.973 bits per heavy atom. The van der Waals surface area contributed by atoms with E-state index in [4.69, 9.17) is 4.74 Å². The zero-order valence-corrected chi connectivity index (χ0v) is 23.3. The van der Waals surface area contributed by atoms with E-state index in [-0.39, 0.29) is 12.5 Å². The third-order valence-electron chi connectivity index (χ3n) is 6.64. The quantitative estimate of drug-likeness (QED) is 0.232. The summed E-state index contributed by atoms with van der Waals surface area (Å²) in [5.74, 6) is 0.180. The number of imide groups is 1. The molecule has 8 heteroatoms. The van der Waals surface area contributed by atoms with E-state index in [1.54, 1.807) is 11.0 Å². The Hall–Kier alpha value is -2.85. The molecule has 3 aromatic rings. The minimum atomic E-state index is -0.413. The molecular weight excluding hydrogens is 599 g/mol. The molecule has 2 fully saturated rings. The van der Waals surface area contributed by atoms with Gasteiger partial charge in [-0.3, -0.25) is 19.3 Å². The molecule has 37 heavy (non-hydrogen) atoms. The molecule has 3 aromatic carbocycles. The highest BCUT2D eigenvalue weighted by molar-refractivity contribution is 14.1. The van der Waals surface area contributed by atoms with Crippen LogP contribution in [0.1, 0.15) is 36.8 Å². The summed E-state index contributed by atoms with van der Waals surface area (Å²) in [7, 11) is 0. The monoisotopic (exact) mass is 626 g/mol. The van der Waals surface area contributed by atoms with E-state index >= 15 is 0 Å². The fourth-order valence-electron chi connectivity index (χ4n) is 4.64. The molecule has 0 spiro atoms. The molecule has 5 rings (SSSR count). The van der Waals surface area contributed by atoms with Gasteiger partial charge in [0.2, 0.25) is 5.91 Å². The van der Waals surface area contributed by atoms with Crippen LogP contribution in [-0.4, -0.2) is 46.5 Å². The van der Waals surface area contributed by atoms with Gasteiger partial charge in [-0.1, -0.05) is 61.4 Å². The van der Waals surface area contributed by atoms with Crippen molar-refractivity contribution in [3.63, 3.8) is 0 Å². The normalized spacial score (nSPS) is 17.5. The van der Waals surface area contributed by atoms with E-state index in [0.29, 0.717) is 24.6 Å². The fourth-order valence-corrected chi connectivity index (χ4v) is 6.17. The Morgan fingerprint density at radius 2 is 1.73 bits per heavy atom. The zero-order valence-electron chi connectivity index (χ0n) is 20.3. The van der Waals surface area contributed by atoms with Crippen LogP contribution in [0.2, 0.25) is 0 Å². The molecule has 2 heterocycles. The first kappa shape index (κ1) is 25.8. The zero-order chi connectivity index (χ0) is 25.8. The second kappa shape index (κ2) is 11.7. The maximum atomic E-state index is 12.9. The lowest BCUT2D eigenvalue weighted by atomic mass is 10.1. The molecule has 0 saturated carbocycles. The molecule has 2 aliphatic rings. The van der Waals surface area contributed by atoms with E-state index in [0.717, 1.165) is 62.8 Å². The van der Waals surface area contributed by atoms with Crippen LogP contribution in [0.3, 0.4) is 0 Å². The molecule has 0 N–H and O–H groups in total. The SMILES string of the molecule is O=C(CN1C(=O)SC(=Cc2ccc(OCc3cccc4ccccc34)c(I)c2)C1=O)N1CCCCCC1. The Kier molecular flexibility index (Phi) is 8.14. The van der Waals surface area contributed by atoms with E-state index < -0.39 is 11.1 Å². The van der Waals surface area contributed by atoms with E-state index in [2.05, 4.69) is 46.9 Å². The number of rotatable bonds is 6. The number of hydrogen-bond acceptors (Lipinski definition) is 5. The van der Waals surface area contributed by atoms with Crippen LogP contribution < -0.4 is 4.74 Å². The molecule has 0 aliphatic carbocycles. The van der Waals surface area contributed by atoms with Crippen molar-refractivity contribution in [1.29, 1.82) is 0 Å². The Balaban J connectivity index is 1.25. The summed E-state index contributed by atoms with van der Waals surface area (Å²) in [6.45, 7) is 1.64. The predicted molar refractivity (Wildman–Crippen MR) is 155 cm³/mol. The standard InChI is InChI=1S/C29H27IN2O4S/c30-24-16-20(12-13-25(24)36-19-22-10-7-9-21-8-3-4-11-23(21)22)17-26-28(34)32(29(35)37-26)18-27(33)31-14-5-1-2-6-15-31/h3-4,7-13,16-17H,1-2,5-6,14-15,18-19H2. The van der Waals surface area contributed by atoms with Crippen molar-refractivity contribution in [2.45, 2.75) is 32.3 Å². The summed E-state index contributed by atoms with van der Waals surface area (Å²) in [4.78, 5) is 41.4. The molecular formula is C29H27IN2O4S. The average Bonchev–Trinajstić information content (AvgIpc) is 3.08. The summed E-state index contributed by atoms with van der Waals surface area (Å²) in [5, 5.41) is 1.95.